The van der Waals surface area contributed by atoms with Crippen molar-refractivity contribution in [1.29, 1.82) is 0 Å². The average molecular weight is 219 g/mol. The van der Waals surface area contributed by atoms with Gasteiger partial charge in [0.1, 0.15) is 6.61 Å². The fraction of sp³-hybridized carbons (Fsp3) is 0.182. The molecular formula is C11H13N3O2. The van der Waals surface area contributed by atoms with Crippen LogP contribution in [0.2, 0.25) is 0 Å². The summed E-state index contributed by atoms with van der Waals surface area (Å²) < 4.78 is 0. The van der Waals surface area contributed by atoms with Crippen LogP contribution in [0, 0.1) is 0 Å². The summed E-state index contributed by atoms with van der Waals surface area (Å²) in [6, 6.07) is 8.04. The number of aromatic nitrogens is 1. The summed E-state index contributed by atoms with van der Waals surface area (Å²) in [6.07, 6.45) is 1.89. The first-order valence-electron chi connectivity index (χ1n) is 4.94. The molecule has 0 aliphatic carbocycles. The number of hydrogen-bond acceptors (Lipinski definition) is 3. The second-order valence-electron chi connectivity index (χ2n) is 3.48. The Morgan fingerprint density at radius 2 is 2.31 bits per heavy atom. The van der Waals surface area contributed by atoms with Crippen LogP contribution < -0.4 is 11.2 Å². The standard InChI is InChI=1S/C11H13N3O2/c12-11(15)7-16-14-6-8-1-2-10-9(5-8)3-4-13-10/h1-5,13-14H,6-7H2,(H2,12,15). The topological polar surface area (TPSA) is 80.1 Å². The number of amides is 1. The predicted octanol–water partition coefficient (Wildman–Crippen LogP) is 0.674. The first kappa shape index (κ1) is 10.7. The van der Waals surface area contributed by atoms with Crippen molar-refractivity contribution in [2.75, 3.05) is 6.61 Å². The monoisotopic (exact) mass is 219 g/mol. The highest BCUT2D eigenvalue weighted by molar-refractivity contribution is 5.79. The normalized spacial score (nSPS) is 10.8. The number of carbonyl (C=O) groups is 1. The van der Waals surface area contributed by atoms with Crippen molar-refractivity contribution in [3.8, 4) is 0 Å². The molecule has 0 saturated heterocycles. The Bertz CT molecular complexity index is 493. The molecule has 4 N–H and O–H groups in total. The van der Waals surface area contributed by atoms with Gasteiger partial charge in [0.15, 0.2) is 0 Å². The quantitative estimate of drug-likeness (QED) is 0.511. The molecule has 0 bridgehead atoms. The highest BCUT2D eigenvalue weighted by atomic mass is 16.6. The molecule has 0 aliphatic heterocycles. The summed E-state index contributed by atoms with van der Waals surface area (Å²) in [4.78, 5) is 18.4. The van der Waals surface area contributed by atoms with Gasteiger partial charge in [-0.1, -0.05) is 6.07 Å². The van der Waals surface area contributed by atoms with Crippen LogP contribution in [0.15, 0.2) is 30.5 Å². The van der Waals surface area contributed by atoms with Crippen LogP contribution in [0.5, 0.6) is 0 Å². The van der Waals surface area contributed by atoms with E-state index in [0.717, 1.165) is 16.5 Å². The molecular weight excluding hydrogens is 206 g/mol. The van der Waals surface area contributed by atoms with Crippen molar-refractivity contribution in [2.24, 2.45) is 5.73 Å². The van der Waals surface area contributed by atoms with Gasteiger partial charge in [-0.15, -0.1) is 0 Å². The number of benzene rings is 1. The van der Waals surface area contributed by atoms with Gasteiger partial charge in [-0.3, -0.25) is 9.63 Å². The Balaban J connectivity index is 1.91. The number of hydroxylamine groups is 1. The SMILES string of the molecule is NC(=O)CONCc1ccc2[nH]ccc2c1. The van der Waals surface area contributed by atoms with Gasteiger partial charge in [0, 0.05) is 18.3 Å². The lowest BCUT2D eigenvalue weighted by Crippen LogP contribution is -2.24. The van der Waals surface area contributed by atoms with Gasteiger partial charge in [0.2, 0.25) is 5.91 Å². The van der Waals surface area contributed by atoms with Gasteiger partial charge in [-0.25, -0.2) is 0 Å². The minimum absolute atomic E-state index is 0.119. The van der Waals surface area contributed by atoms with Crippen molar-refractivity contribution in [3.05, 3.63) is 36.0 Å². The van der Waals surface area contributed by atoms with Crippen molar-refractivity contribution < 1.29 is 9.63 Å². The van der Waals surface area contributed by atoms with Gasteiger partial charge in [0.25, 0.3) is 0 Å². The molecule has 84 valence electrons. The number of carbonyl (C=O) groups excluding carboxylic acids is 1. The number of nitrogens with one attached hydrogen (secondary N) is 2. The molecule has 1 aromatic heterocycles. The number of rotatable bonds is 5. The first-order chi connectivity index (χ1) is 7.75. The van der Waals surface area contributed by atoms with Gasteiger partial charge in [-0.2, -0.15) is 5.48 Å². The van der Waals surface area contributed by atoms with Crippen molar-refractivity contribution in [1.82, 2.24) is 10.5 Å². The molecule has 0 atom stereocenters. The van der Waals surface area contributed by atoms with Crippen LogP contribution in [-0.4, -0.2) is 17.5 Å². The molecule has 2 aromatic rings. The van der Waals surface area contributed by atoms with Gasteiger partial charge in [0.05, 0.1) is 0 Å². The fourth-order valence-electron chi connectivity index (χ4n) is 1.47. The lowest BCUT2D eigenvalue weighted by Gasteiger charge is -2.04. The molecule has 2 rings (SSSR count). The molecule has 0 unspecified atom stereocenters. The van der Waals surface area contributed by atoms with Crippen molar-refractivity contribution in [3.63, 3.8) is 0 Å². The van der Waals surface area contributed by atoms with E-state index in [1.807, 2.05) is 30.5 Å². The van der Waals surface area contributed by atoms with E-state index in [-0.39, 0.29) is 6.61 Å². The lowest BCUT2D eigenvalue weighted by atomic mass is 10.1. The molecule has 1 heterocycles. The van der Waals surface area contributed by atoms with E-state index in [0.29, 0.717) is 6.54 Å². The molecule has 1 amide bonds. The summed E-state index contributed by atoms with van der Waals surface area (Å²) in [5.74, 6) is -0.492. The number of hydrogen-bond donors (Lipinski definition) is 3. The third-order valence-electron chi connectivity index (χ3n) is 2.21. The number of primary amides is 1. The summed E-state index contributed by atoms with van der Waals surface area (Å²) in [6.45, 7) is 0.417. The van der Waals surface area contributed by atoms with Gasteiger partial charge >= 0.3 is 0 Å². The van der Waals surface area contributed by atoms with E-state index in [4.69, 9.17) is 10.6 Å². The molecule has 16 heavy (non-hydrogen) atoms. The molecule has 1 aromatic carbocycles. The molecule has 5 heteroatoms. The van der Waals surface area contributed by atoms with Crippen LogP contribution >= 0.6 is 0 Å². The maximum atomic E-state index is 10.4. The molecule has 0 spiro atoms. The summed E-state index contributed by atoms with van der Waals surface area (Å²) in [5.41, 5.74) is 9.78. The highest BCUT2D eigenvalue weighted by Gasteiger charge is 1.98. The third-order valence-corrected chi connectivity index (χ3v) is 2.21. The molecule has 0 radical (unpaired) electrons. The Labute approximate surface area is 92.5 Å². The maximum absolute atomic E-state index is 10.4. The summed E-state index contributed by atoms with van der Waals surface area (Å²) in [7, 11) is 0. The van der Waals surface area contributed by atoms with E-state index < -0.39 is 5.91 Å². The van der Waals surface area contributed by atoms with Crippen LogP contribution in [0.3, 0.4) is 0 Å². The van der Waals surface area contributed by atoms with E-state index in [2.05, 4.69) is 10.5 Å². The predicted molar refractivity (Wildman–Crippen MR) is 60.3 cm³/mol. The highest BCUT2D eigenvalue weighted by Crippen LogP contribution is 2.13. The number of H-pyrrole nitrogens is 1. The second kappa shape index (κ2) is 4.78. The zero-order valence-corrected chi connectivity index (χ0v) is 8.69. The fourth-order valence-corrected chi connectivity index (χ4v) is 1.47. The van der Waals surface area contributed by atoms with E-state index in [1.54, 1.807) is 0 Å². The van der Waals surface area contributed by atoms with Crippen molar-refractivity contribution in [2.45, 2.75) is 6.54 Å². The van der Waals surface area contributed by atoms with Crippen LogP contribution in [0.1, 0.15) is 5.56 Å². The average Bonchev–Trinajstić information content (AvgIpc) is 2.71. The lowest BCUT2D eigenvalue weighted by molar-refractivity contribution is -0.125. The Morgan fingerprint density at radius 3 is 3.12 bits per heavy atom. The smallest absolute Gasteiger partial charge is 0.245 e. The zero-order chi connectivity index (χ0) is 11.4. The molecule has 5 nitrogen and oxygen atoms in total. The van der Waals surface area contributed by atoms with E-state index in [1.165, 1.54) is 0 Å². The Hall–Kier alpha value is -1.85. The van der Waals surface area contributed by atoms with Crippen LogP contribution in [0.4, 0.5) is 0 Å². The molecule has 0 fully saturated rings. The minimum atomic E-state index is -0.492. The third kappa shape index (κ3) is 2.59. The van der Waals surface area contributed by atoms with Crippen LogP contribution in [0.25, 0.3) is 10.9 Å². The maximum Gasteiger partial charge on any atom is 0.245 e. The molecule has 0 saturated carbocycles. The van der Waals surface area contributed by atoms with Crippen LogP contribution in [-0.2, 0) is 16.2 Å². The molecule has 0 aliphatic rings. The summed E-state index contributed by atoms with van der Waals surface area (Å²) in [5, 5.41) is 1.15. The minimum Gasteiger partial charge on any atom is -0.368 e. The zero-order valence-electron chi connectivity index (χ0n) is 8.69. The van der Waals surface area contributed by atoms with E-state index in [9.17, 15) is 4.79 Å². The first-order valence-corrected chi connectivity index (χ1v) is 4.94. The van der Waals surface area contributed by atoms with Crippen molar-refractivity contribution >= 4 is 16.8 Å². The number of aromatic amines is 1. The number of nitrogens with two attached hydrogens (primary N) is 1. The van der Waals surface area contributed by atoms with Gasteiger partial charge in [-0.05, 0) is 29.1 Å². The second-order valence-corrected chi connectivity index (χ2v) is 3.48. The largest absolute Gasteiger partial charge is 0.368 e. The Morgan fingerprint density at radius 1 is 1.44 bits per heavy atom. The number of fused-ring (bicyclic) bond motifs is 1. The van der Waals surface area contributed by atoms with E-state index >= 15 is 0 Å². The van der Waals surface area contributed by atoms with Gasteiger partial charge < -0.3 is 10.7 Å². The summed E-state index contributed by atoms with van der Waals surface area (Å²) >= 11 is 0. The Kier molecular flexibility index (Phi) is 3.19.